The predicted molar refractivity (Wildman–Crippen MR) is 87.4 cm³/mol. The second-order valence-corrected chi connectivity index (χ2v) is 6.72. The fourth-order valence-corrected chi connectivity index (χ4v) is 2.20. The molecule has 1 unspecified atom stereocenters. The minimum atomic E-state index is -0.0864. The smallest absolute Gasteiger partial charge is 0.160 e. The average molecular weight is 377 g/mol. The molecule has 0 bridgehead atoms. The Hall–Kier alpha value is -0.430. The highest BCUT2D eigenvalue weighted by molar-refractivity contribution is 14.1. The first-order chi connectivity index (χ1) is 8.90. The van der Waals surface area contributed by atoms with Crippen LogP contribution in [-0.2, 0) is 4.74 Å². The van der Waals surface area contributed by atoms with Crippen LogP contribution in [0.15, 0.2) is 6.20 Å². The molecule has 0 amide bonds. The predicted octanol–water partition coefficient (Wildman–Crippen LogP) is 4.03. The highest BCUT2D eigenvalue weighted by atomic mass is 127. The lowest BCUT2D eigenvalue weighted by Gasteiger charge is -2.29. The summed E-state index contributed by atoms with van der Waals surface area (Å²) in [7, 11) is 0. The summed E-state index contributed by atoms with van der Waals surface area (Å²) in [6.45, 7) is 12.2. The molecule has 0 aromatic carbocycles. The van der Waals surface area contributed by atoms with Crippen molar-refractivity contribution >= 4 is 28.4 Å². The first-order valence-corrected chi connectivity index (χ1v) is 7.85. The molecule has 0 fully saturated rings. The van der Waals surface area contributed by atoms with Crippen LogP contribution < -0.4 is 5.32 Å². The fraction of sp³-hybridized carbons (Fsp3) is 0.714. The van der Waals surface area contributed by atoms with Crippen molar-refractivity contribution in [3.63, 3.8) is 0 Å². The Balaban J connectivity index is 3.03. The summed E-state index contributed by atoms with van der Waals surface area (Å²) >= 11 is 2.25. The van der Waals surface area contributed by atoms with Gasteiger partial charge in [0.15, 0.2) is 5.82 Å². The van der Waals surface area contributed by atoms with Crippen molar-refractivity contribution < 1.29 is 4.74 Å². The Bertz CT molecular complexity index is 404. The standard InChI is InChI=1S/C14H24IN3O/c1-6-8-16-12-10(15)9-17-13(18-12)11(19-7-2)14(3,4)5/h9,11H,6-8H2,1-5H3,(H,16,17,18). The summed E-state index contributed by atoms with van der Waals surface area (Å²) in [6, 6.07) is 0. The molecular weight excluding hydrogens is 353 g/mol. The van der Waals surface area contributed by atoms with E-state index in [9.17, 15) is 0 Å². The van der Waals surface area contributed by atoms with E-state index >= 15 is 0 Å². The van der Waals surface area contributed by atoms with Crippen LogP contribution in [-0.4, -0.2) is 23.1 Å². The zero-order valence-electron chi connectivity index (χ0n) is 12.5. The van der Waals surface area contributed by atoms with Gasteiger partial charge < -0.3 is 10.1 Å². The number of anilines is 1. The summed E-state index contributed by atoms with van der Waals surface area (Å²) < 4.78 is 6.88. The largest absolute Gasteiger partial charge is 0.370 e. The van der Waals surface area contributed by atoms with E-state index in [0.717, 1.165) is 28.2 Å². The van der Waals surface area contributed by atoms with Crippen molar-refractivity contribution in [1.29, 1.82) is 0 Å². The molecule has 1 heterocycles. The summed E-state index contributed by atoms with van der Waals surface area (Å²) in [5.41, 5.74) is -0.0230. The maximum Gasteiger partial charge on any atom is 0.160 e. The third kappa shape index (κ3) is 4.87. The number of hydrogen-bond acceptors (Lipinski definition) is 4. The molecule has 1 aromatic heterocycles. The molecule has 0 aliphatic heterocycles. The molecule has 1 rings (SSSR count). The average Bonchev–Trinajstić information content (AvgIpc) is 2.34. The molecule has 1 N–H and O–H groups in total. The zero-order chi connectivity index (χ0) is 14.5. The van der Waals surface area contributed by atoms with Crippen LogP contribution in [0, 0.1) is 8.99 Å². The zero-order valence-corrected chi connectivity index (χ0v) is 14.6. The number of halogens is 1. The topological polar surface area (TPSA) is 47.0 Å². The van der Waals surface area contributed by atoms with E-state index in [4.69, 9.17) is 4.74 Å². The van der Waals surface area contributed by atoms with Gasteiger partial charge in [0, 0.05) is 19.3 Å². The van der Waals surface area contributed by atoms with E-state index < -0.39 is 0 Å². The summed E-state index contributed by atoms with van der Waals surface area (Å²) in [6.07, 6.45) is 2.85. The second-order valence-electron chi connectivity index (χ2n) is 5.55. The van der Waals surface area contributed by atoms with Crippen LogP contribution in [0.4, 0.5) is 5.82 Å². The minimum absolute atomic E-state index is 0.0230. The van der Waals surface area contributed by atoms with Crippen LogP contribution in [0.25, 0.3) is 0 Å². The lowest BCUT2D eigenvalue weighted by molar-refractivity contribution is -0.0190. The Kier molecular flexibility index (Phi) is 6.46. The van der Waals surface area contributed by atoms with Crippen molar-refractivity contribution in [3.05, 3.63) is 15.6 Å². The van der Waals surface area contributed by atoms with Gasteiger partial charge in [-0.25, -0.2) is 9.97 Å². The van der Waals surface area contributed by atoms with Crippen molar-refractivity contribution in [1.82, 2.24) is 9.97 Å². The third-order valence-electron chi connectivity index (χ3n) is 2.66. The van der Waals surface area contributed by atoms with Crippen LogP contribution in [0.5, 0.6) is 0 Å². The summed E-state index contributed by atoms with van der Waals surface area (Å²) in [5, 5.41) is 3.34. The van der Waals surface area contributed by atoms with Crippen LogP contribution in [0.1, 0.15) is 53.0 Å². The molecular formula is C14H24IN3O. The van der Waals surface area contributed by atoms with Gasteiger partial charge in [-0.1, -0.05) is 27.7 Å². The minimum Gasteiger partial charge on any atom is -0.370 e. The molecule has 5 heteroatoms. The molecule has 4 nitrogen and oxygen atoms in total. The number of ether oxygens (including phenoxy) is 1. The Morgan fingerprint density at radius 3 is 2.58 bits per heavy atom. The molecule has 0 saturated heterocycles. The lowest BCUT2D eigenvalue weighted by atomic mass is 9.88. The van der Waals surface area contributed by atoms with E-state index in [-0.39, 0.29) is 11.5 Å². The molecule has 0 aliphatic rings. The normalized spacial score (nSPS) is 13.4. The fourth-order valence-electron chi connectivity index (χ4n) is 1.75. The molecule has 1 aromatic rings. The van der Waals surface area contributed by atoms with Crippen molar-refractivity contribution in [3.8, 4) is 0 Å². The van der Waals surface area contributed by atoms with Gasteiger partial charge in [-0.2, -0.15) is 0 Å². The van der Waals surface area contributed by atoms with Crippen LogP contribution in [0.3, 0.4) is 0 Å². The SMILES string of the molecule is CCCNc1nc(C(OCC)C(C)(C)C)ncc1I. The Morgan fingerprint density at radius 1 is 1.37 bits per heavy atom. The van der Waals surface area contributed by atoms with Gasteiger partial charge in [0.2, 0.25) is 0 Å². The van der Waals surface area contributed by atoms with Crippen molar-refractivity contribution in [2.24, 2.45) is 5.41 Å². The van der Waals surface area contributed by atoms with Gasteiger partial charge in [0.1, 0.15) is 11.9 Å². The van der Waals surface area contributed by atoms with E-state index in [2.05, 4.69) is 65.6 Å². The molecule has 0 radical (unpaired) electrons. The summed E-state index contributed by atoms with van der Waals surface area (Å²) in [4.78, 5) is 9.09. The third-order valence-corrected chi connectivity index (χ3v) is 3.45. The molecule has 0 spiro atoms. The van der Waals surface area contributed by atoms with Gasteiger partial charge in [-0.05, 0) is 41.4 Å². The first-order valence-electron chi connectivity index (χ1n) is 6.78. The van der Waals surface area contributed by atoms with E-state index in [1.165, 1.54) is 0 Å². The molecule has 0 saturated carbocycles. The summed E-state index contributed by atoms with van der Waals surface area (Å²) in [5.74, 6) is 1.66. The second kappa shape index (κ2) is 7.38. The van der Waals surface area contributed by atoms with Crippen LogP contribution >= 0.6 is 22.6 Å². The highest BCUT2D eigenvalue weighted by Gasteiger charge is 2.29. The van der Waals surface area contributed by atoms with E-state index in [0.29, 0.717) is 6.61 Å². The molecule has 1 atom stereocenters. The highest BCUT2D eigenvalue weighted by Crippen LogP contribution is 2.34. The van der Waals surface area contributed by atoms with Gasteiger partial charge in [0.25, 0.3) is 0 Å². The van der Waals surface area contributed by atoms with E-state index in [1.807, 2.05) is 13.1 Å². The Morgan fingerprint density at radius 2 is 2.05 bits per heavy atom. The van der Waals surface area contributed by atoms with E-state index in [1.54, 1.807) is 0 Å². The number of rotatable bonds is 6. The molecule has 108 valence electrons. The number of nitrogens with one attached hydrogen (secondary N) is 1. The van der Waals surface area contributed by atoms with Gasteiger partial charge >= 0.3 is 0 Å². The maximum atomic E-state index is 5.84. The number of nitrogens with zero attached hydrogens (tertiary/aromatic N) is 2. The van der Waals surface area contributed by atoms with Crippen molar-refractivity contribution in [2.75, 3.05) is 18.5 Å². The molecule has 19 heavy (non-hydrogen) atoms. The molecule has 0 aliphatic carbocycles. The number of hydrogen-bond donors (Lipinski definition) is 1. The van der Waals surface area contributed by atoms with Crippen molar-refractivity contribution in [2.45, 2.75) is 47.1 Å². The van der Waals surface area contributed by atoms with Gasteiger partial charge in [-0.3, -0.25) is 0 Å². The number of aromatic nitrogens is 2. The Labute approximate surface area is 129 Å². The maximum absolute atomic E-state index is 5.84. The van der Waals surface area contributed by atoms with Gasteiger partial charge in [-0.15, -0.1) is 0 Å². The van der Waals surface area contributed by atoms with Gasteiger partial charge in [0.05, 0.1) is 3.57 Å². The lowest BCUT2D eigenvalue weighted by Crippen LogP contribution is -2.24. The quantitative estimate of drug-likeness (QED) is 0.761. The van der Waals surface area contributed by atoms with Crippen LogP contribution in [0.2, 0.25) is 0 Å². The first kappa shape index (κ1) is 16.6. The monoisotopic (exact) mass is 377 g/mol.